The van der Waals surface area contributed by atoms with Gasteiger partial charge in [0.05, 0.1) is 11.6 Å². The van der Waals surface area contributed by atoms with Gasteiger partial charge in [0.2, 0.25) is 0 Å². The number of amides is 1. The van der Waals surface area contributed by atoms with Crippen molar-refractivity contribution >= 4 is 39.2 Å². The van der Waals surface area contributed by atoms with Gasteiger partial charge in [0.1, 0.15) is 0 Å². The third kappa shape index (κ3) is 4.27. The highest BCUT2D eigenvalue weighted by atomic mass is 79.9. The summed E-state index contributed by atoms with van der Waals surface area (Å²) in [7, 11) is 0. The molecular formula is C19H18BrN3OS. The predicted octanol–water partition coefficient (Wildman–Crippen LogP) is 3.56. The summed E-state index contributed by atoms with van der Waals surface area (Å²) in [5.41, 5.74) is 3.43. The Kier molecular flexibility index (Phi) is 5.50. The molecule has 0 spiro atoms. The summed E-state index contributed by atoms with van der Waals surface area (Å²) in [5, 5.41) is 9.76. The number of benzene rings is 2. The van der Waals surface area contributed by atoms with Crippen LogP contribution in [0, 0.1) is 0 Å². The third-order valence-corrected chi connectivity index (χ3v) is 4.70. The van der Waals surface area contributed by atoms with E-state index in [1.807, 2.05) is 61.5 Å². The molecular weight excluding hydrogens is 398 g/mol. The van der Waals surface area contributed by atoms with Crippen LogP contribution in [0.15, 0.2) is 70.3 Å². The molecule has 4 nitrogen and oxygen atoms in total. The van der Waals surface area contributed by atoms with Crippen molar-refractivity contribution in [2.75, 3.05) is 0 Å². The number of nitrogens with one attached hydrogen (secondary N) is 3. The molecule has 1 aliphatic rings. The van der Waals surface area contributed by atoms with Gasteiger partial charge in [0.15, 0.2) is 5.11 Å². The zero-order valence-electron chi connectivity index (χ0n) is 13.7. The zero-order chi connectivity index (χ0) is 17.8. The molecule has 3 rings (SSSR count). The molecule has 2 aromatic carbocycles. The minimum atomic E-state index is -0.290. The number of rotatable bonds is 4. The highest BCUT2D eigenvalue weighted by Gasteiger charge is 2.29. The van der Waals surface area contributed by atoms with Gasteiger partial charge in [-0.2, -0.15) is 0 Å². The Bertz CT molecular complexity index is 836. The second-order valence-electron chi connectivity index (χ2n) is 5.79. The minimum Gasteiger partial charge on any atom is -0.351 e. The summed E-state index contributed by atoms with van der Waals surface area (Å²) in [5.74, 6) is -0.117. The number of hydrogen-bond acceptors (Lipinski definition) is 2. The summed E-state index contributed by atoms with van der Waals surface area (Å²) in [4.78, 5) is 12.9. The summed E-state index contributed by atoms with van der Waals surface area (Å²) < 4.78 is 0.956. The lowest BCUT2D eigenvalue weighted by Crippen LogP contribution is -2.46. The molecule has 0 radical (unpaired) electrons. The quantitative estimate of drug-likeness (QED) is 0.668. The van der Waals surface area contributed by atoms with Crippen LogP contribution >= 0.6 is 28.1 Å². The summed E-state index contributed by atoms with van der Waals surface area (Å²) >= 11 is 8.76. The van der Waals surface area contributed by atoms with Crippen LogP contribution in [0.5, 0.6) is 0 Å². The Balaban J connectivity index is 1.85. The van der Waals surface area contributed by atoms with Crippen molar-refractivity contribution < 1.29 is 4.79 Å². The van der Waals surface area contributed by atoms with Gasteiger partial charge in [-0.1, -0.05) is 58.4 Å². The van der Waals surface area contributed by atoms with E-state index >= 15 is 0 Å². The number of thiocarbonyl (C=S) groups is 1. The molecule has 1 aliphatic heterocycles. The lowest BCUT2D eigenvalue weighted by atomic mass is 9.95. The summed E-state index contributed by atoms with van der Waals surface area (Å²) in [6, 6.07) is 17.4. The highest BCUT2D eigenvalue weighted by Crippen LogP contribution is 2.28. The van der Waals surface area contributed by atoms with Crippen molar-refractivity contribution in [2.45, 2.75) is 19.5 Å². The monoisotopic (exact) mass is 415 g/mol. The third-order valence-electron chi connectivity index (χ3n) is 3.99. The van der Waals surface area contributed by atoms with E-state index in [9.17, 15) is 4.79 Å². The van der Waals surface area contributed by atoms with Crippen LogP contribution in [0.4, 0.5) is 0 Å². The summed E-state index contributed by atoms with van der Waals surface area (Å²) in [6.45, 7) is 2.35. The predicted molar refractivity (Wildman–Crippen MR) is 107 cm³/mol. The van der Waals surface area contributed by atoms with E-state index in [2.05, 4.69) is 31.9 Å². The molecule has 1 atom stereocenters. The maximum absolute atomic E-state index is 12.9. The Morgan fingerprint density at radius 2 is 1.96 bits per heavy atom. The Morgan fingerprint density at radius 3 is 2.68 bits per heavy atom. The second kappa shape index (κ2) is 7.80. The molecule has 0 aromatic heterocycles. The molecule has 3 N–H and O–H groups in total. The van der Waals surface area contributed by atoms with Gasteiger partial charge in [-0.05, 0) is 42.4 Å². The Hall–Kier alpha value is -2.18. The molecule has 0 saturated heterocycles. The fraction of sp³-hybridized carbons (Fsp3) is 0.158. The SMILES string of the molecule is CC1=C(C(=O)NCc2ccccc2)[C@H](c2cccc(Br)c2)NC(=S)N1. The van der Waals surface area contributed by atoms with Crippen molar-refractivity contribution in [2.24, 2.45) is 0 Å². The summed E-state index contributed by atoms with van der Waals surface area (Å²) in [6.07, 6.45) is 0. The molecule has 0 aliphatic carbocycles. The van der Waals surface area contributed by atoms with Crippen LogP contribution in [0.25, 0.3) is 0 Å². The molecule has 0 bridgehead atoms. The first kappa shape index (κ1) is 17.6. The largest absolute Gasteiger partial charge is 0.351 e. The smallest absolute Gasteiger partial charge is 0.251 e. The van der Waals surface area contributed by atoms with E-state index in [1.165, 1.54) is 0 Å². The van der Waals surface area contributed by atoms with Crippen molar-refractivity contribution in [3.63, 3.8) is 0 Å². The normalized spacial score (nSPS) is 16.9. The van der Waals surface area contributed by atoms with Crippen LogP contribution in [0.1, 0.15) is 24.1 Å². The number of halogens is 1. The molecule has 128 valence electrons. The maximum atomic E-state index is 12.9. The first-order chi connectivity index (χ1) is 12.0. The van der Waals surface area contributed by atoms with Crippen molar-refractivity contribution in [3.05, 3.63) is 81.5 Å². The number of hydrogen-bond donors (Lipinski definition) is 3. The lowest BCUT2D eigenvalue weighted by Gasteiger charge is -2.30. The van der Waals surface area contributed by atoms with E-state index in [4.69, 9.17) is 12.2 Å². The Morgan fingerprint density at radius 1 is 1.20 bits per heavy atom. The van der Waals surface area contributed by atoms with Crippen LogP contribution in [0.2, 0.25) is 0 Å². The van der Waals surface area contributed by atoms with E-state index in [0.717, 1.165) is 21.3 Å². The van der Waals surface area contributed by atoms with Crippen molar-refractivity contribution in [3.8, 4) is 0 Å². The van der Waals surface area contributed by atoms with Crippen molar-refractivity contribution in [1.29, 1.82) is 0 Å². The fourth-order valence-electron chi connectivity index (χ4n) is 2.80. The number of allylic oxidation sites excluding steroid dienone is 1. The van der Waals surface area contributed by atoms with Gasteiger partial charge in [-0.25, -0.2) is 0 Å². The molecule has 0 saturated carbocycles. The average Bonchev–Trinajstić information content (AvgIpc) is 2.60. The van der Waals surface area contributed by atoms with Gasteiger partial charge in [0.25, 0.3) is 5.91 Å². The van der Waals surface area contributed by atoms with E-state index in [0.29, 0.717) is 17.2 Å². The second-order valence-corrected chi connectivity index (χ2v) is 7.12. The molecule has 1 amide bonds. The van der Waals surface area contributed by atoms with Crippen LogP contribution in [-0.2, 0) is 11.3 Å². The highest BCUT2D eigenvalue weighted by molar-refractivity contribution is 9.10. The van der Waals surface area contributed by atoms with Gasteiger partial charge >= 0.3 is 0 Å². The minimum absolute atomic E-state index is 0.117. The van der Waals surface area contributed by atoms with Gasteiger partial charge in [0, 0.05) is 16.7 Å². The van der Waals surface area contributed by atoms with Crippen LogP contribution < -0.4 is 16.0 Å². The van der Waals surface area contributed by atoms with Gasteiger partial charge in [-0.15, -0.1) is 0 Å². The number of carbonyl (C=O) groups excluding carboxylic acids is 1. The maximum Gasteiger partial charge on any atom is 0.251 e. The fourth-order valence-corrected chi connectivity index (χ4v) is 3.49. The lowest BCUT2D eigenvalue weighted by molar-refractivity contribution is -0.118. The number of carbonyl (C=O) groups is 1. The Labute approximate surface area is 160 Å². The topological polar surface area (TPSA) is 53.2 Å². The zero-order valence-corrected chi connectivity index (χ0v) is 16.1. The van der Waals surface area contributed by atoms with Crippen molar-refractivity contribution in [1.82, 2.24) is 16.0 Å². The first-order valence-corrected chi connectivity index (χ1v) is 9.10. The van der Waals surface area contributed by atoms with Crippen LogP contribution in [0.3, 0.4) is 0 Å². The standard InChI is InChI=1S/C19H18BrN3OS/c1-12-16(18(24)21-11-13-6-3-2-4-7-13)17(23-19(25)22-12)14-8-5-9-15(20)10-14/h2-10,17H,11H2,1H3,(H,21,24)(H2,22,23,25)/t17-/m0/s1. The average molecular weight is 416 g/mol. The molecule has 0 fully saturated rings. The molecule has 6 heteroatoms. The van der Waals surface area contributed by atoms with Crippen LogP contribution in [-0.4, -0.2) is 11.0 Å². The van der Waals surface area contributed by atoms with Gasteiger partial charge < -0.3 is 16.0 Å². The first-order valence-electron chi connectivity index (χ1n) is 7.90. The molecule has 25 heavy (non-hydrogen) atoms. The van der Waals surface area contributed by atoms with E-state index < -0.39 is 0 Å². The molecule has 2 aromatic rings. The van der Waals surface area contributed by atoms with E-state index in [-0.39, 0.29) is 11.9 Å². The van der Waals surface area contributed by atoms with E-state index in [1.54, 1.807) is 0 Å². The molecule has 0 unspecified atom stereocenters. The molecule has 1 heterocycles. The van der Waals surface area contributed by atoms with Gasteiger partial charge in [-0.3, -0.25) is 4.79 Å².